The van der Waals surface area contributed by atoms with E-state index in [2.05, 4.69) is 36.1 Å². The Hall–Kier alpha value is -1.02. The van der Waals surface area contributed by atoms with E-state index < -0.39 is 0 Å². The van der Waals surface area contributed by atoms with E-state index in [0.29, 0.717) is 6.04 Å². The molecular formula is C13H20N2. The van der Waals surface area contributed by atoms with E-state index >= 15 is 0 Å². The lowest BCUT2D eigenvalue weighted by atomic mass is 10.1. The monoisotopic (exact) mass is 204 g/mol. The van der Waals surface area contributed by atoms with Crippen LogP contribution >= 0.6 is 0 Å². The van der Waals surface area contributed by atoms with Crippen molar-refractivity contribution in [3.05, 3.63) is 29.8 Å². The number of nitrogens with zero attached hydrogens (tertiary/aromatic N) is 1. The van der Waals surface area contributed by atoms with Crippen LogP contribution in [0.4, 0.5) is 5.69 Å². The van der Waals surface area contributed by atoms with Gasteiger partial charge in [-0.05, 0) is 50.4 Å². The molecule has 1 atom stereocenters. The molecule has 0 radical (unpaired) electrons. The molecule has 0 aliphatic carbocycles. The molecule has 2 N–H and O–H groups in total. The summed E-state index contributed by atoms with van der Waals surface area (Å²) in [5.74, 6) is 0. The van der Waals surface area contributed by atoms with Crippen molar-refractivity contribution in [1.29, 1.82) is 0 Å². The second-order valence-corrected chi connectivity index (χ2v) is 4.41. The van der Waals surface area contributed by atoms with Gasteiger partial charge in [0.15, 0.2) is 0 Å². The first-order valence-corrected chi connectivity index (χ1v) is 5.84. The van der Waals surface area contributed by atoms with E-state index in [-0.39, 0.29) is 0 Å². The summed E-state index contributed by atoms with van der Waals surface area (Å²) in [6, 6.07) is 9.44. The molecule has 2 heteroatoms. The van der Waals surface area contributed by atoms with Gasteiger partial charge in [0.2, 0.25) is 0 Å². The van der Waals surface area contributed by atoms with Crippen molar-refractivity contribution >= 4 is 5.69 Å². The van der Waals surface area contributed by atoms with Crippen molar-refractivity contribution in [3.8, 4) is 0 Å². The van der Waals surface area contributed by atoms with Crippen LogP contribution in [0.25, 0.3) is 0 Å². The molecule has 0 unspecified atom stereocenters. The Balaban J connectivity index is 2.15. The number of aryl methyl sites for hydroxylation is 1. The van der Waals surface area contributed by atoms with Gasteiger partial charge in [0, 0.05) is 18.3 Å². The summed E-state index contributed by atoms with van der Waals surface area (Å²) < 4.78 is 0. The third-order valence-corrected chi connectivity index (χ3v) is 3.21. The van der Waals surface area contributed by atoms with Gasteiger partial charge in [0.05, 0.1) is 0 Å². The minimum absolute atomic E-state index is 0.664. The van der Waals surface area contributed by atoms with E-state index in [1.165, 1.54) is 30.6 Å². The number of anilines is 1. The topological polar surface area (TPSA) is 29.3 Å². The van der Waals surface area contributed by atoms with Gasteiger partial charge < -0.3 is 10.6 Å². The van der Waals surface area contributed by atoms with Crippen LogP contribution in [-0.4, -0.2) is 19.1 Å². The number of hydrogen-bond acceptors (Lipinski definition) is 2. The molecule has 0 aromatic heterocycles. The molecule has 0 saturated carbocycles. The lowest BCUT2D eigenvalue weighted by molar-refractivity contribution is 0.618. The average molecular weight is 204 g/mol. The van der Waals surface area contributed by atoms with Crippen LogP contribution < -0.4 is 10.6 Å². The van der Waals surface area contributed by atoms with Gasteiger partial charge in [-0.1, -0.05) is 12.1 Å². The highest BCUT2D eigenvalue weighted by Gasteiger charge is 2.23. The zero-order valence-corrected chi connectivity index (χ0v) is 9.45. The molecular weight excluding hydrogens is 184 g/mol. The van der Waals surface area contributed by atoms with E-state index in [0.717, 1.165) is 13.0 Å². The average Bonchev–Trinajstić information content (AvgIpc) is 2.66. The second-order valence-electron chi connectivity index (χ2n) is 4.41. The fourth-order valence-electron chi connectivity index (χ4n) is 2.47. The highest BCUT2D eigenvalue weighted by molar-refractivity contribution is 5.50. The Kier molecular flexibility index (Phi) is 3.27. The van der Waals surface area contributed by atoms with Crippen LogP contribution in [0.3, 0.4) is 0 Å². The smallest absolute Gasteiger partial charge is 0.0371 e. The second kappa shape index (κ2) is 4.67. The molecule has 1 aliphatic rings. The highest BCUT2D eigenvalue weighted by atomic mass is 15.2. The Morgan fingerprint density at radius 3 is 3.07 bits per heavy atom. The third-order valence-electron chi connectivity index (χ3n) is 3.21. The summed E-state index contributed by atoms with van der Waals surface area (Å²) in [6.45, 7) is 4.14. The lowest BCUT2D eigenvalue weighted by Crippen LogP contribution is -2.31. The van der Waals surface area contributed by atoms with E-state index in [4.69, 9.17) is 5.73 Å². The van der Waals surface area contributed by atoms with E-state index in [9.17, 15) is 0 Å². The molecule has 1 aromatic rings. The quantitative estimate of drug-likeness (QED) is 0.818. The molecule has 1 aromatic carbocycles. The van der Waals surface area contributed by atoms with Crippen molar-refractivity contribution in [3.63, 3.8) is 0 Å². The number of nitrogens with two attached hydrogens (primary N) is 1. The maximum Gasteiger partial charge on any atom is 0.0371 e. The first-order chi connectivity index (χ1) is 7.31. The van der Waals surface area contributed by atoms with Gasteiger partial charge >= 0.3 is 0 Å². The molecule has 0 spiro atoms. The summed E-state index contributed by atoms with van der Waals surface area (Å²) >= 11 is 0. The van der Waals surface area contributed by atoms with Crippen LogP contribution in [0.2, 0.25) is 0 Å². The molecule has 1 heterocycles. The first kappa shape index (κ1) is 10.5. The molecule has 0 amide bonds. The number of rotatable bonds is 3. The van der Waals surface area contributed by atoms with Crippen LogP contribution in [0, 0.1) is 6.92 Å². The molecule has 82 valence electrons. The Labute approximate surface area is 92.1 Å². The van der Waals surface area contributed by atoms with Crippen LogP contribution in [0.1, 0.15) is 24.8 Å². The maximum absolute atomic E-state index is 5.65. The lowest BCUT2D eigenvalue weighted by Gasteiger charge is -2.26. The normalized spacial score (nSPS) is 20.9. The van der Waals surface area contributed by atoms with Crippen molar-refractivity contribution in [1.82, 2.24) is 0 Å². The standard InChI is InChI=1S/C13H20N2/c1-11-4-2-5-13(10-11)15-9-3-6-12(15)7-8-14/h2,4-5,10,12H,3,6-9,14H2,1H3/t12-/m0/s1. The summed E-state index contributed by atoms with van der Waals surface area (Å²) in [4.78, 5) is 2.51. The molecule has 1 fully saturated rings. The third kappa shape index (κ3) is 2.32. The molecule has 1 aliphatic heterocycles. The predicted molar refractivity (Wildman–Crippen MR) is 65.2 cm³/mol. The van der Waals surface area contributed by atoms with Gasteiger partial charge in [-0.2, -0.15) is 0 Å². The fraction of sp³-hybridized carbons (Fsp3) is 0.538. The minimum Gasteiger partial charge on any atom is -0.368 e. The predicted octanol–water partition coefficient (Wildman–Crippen LogP) is 2.31. The van der Waals surface area contributed by atoms with Gasteiger partial charge in [-0.15, -0.1) is 0 Å². The Morgan fingerprint density at radius 1 is 1.47 bits per heavy atom. The SMILES string of the molecule is Cc1cccc(N2CCC[C@H]2CCN)c1. The van der Waals surface area contributed by atoms with Crippen molar-refractivity contribution < 1.29 is 0 Å². The van der Waals surface area contributed by atoms with Crippen LogP contribution in [0.5, 0.6) is 0 Å². The zero-order chi connectivity index (χ0) is 10.7. The number of hydrogen-bond donors (Lipinski definition) is 1. The minimum atomic E-state index is 0.664. The molecule has 1 saturated heterocycles. The summed E-state index contributed by atoms with van der Waals surface area (Å²) in [7, 11) is 0. The van der Waals surface area contributed by atoms with E-state index in [1.54, 1.807) is 0 Å². The molecule has 2 nitrogen and oxygen atoms in total. The zero-order valence-electron chi connectivity index (χ0n) is 9.45. The van der Waals surface area contributed by atoms with Crippen molar-refractivity contribution in [2.24, 2.45) is 5.73 Å². The summed E-state index contributed by atoms with van der Waals surface area (Å²) in [6.07, 6.45) is 3.72. The maximum atomic E-state index is 5.65. The molecule has 2 rings (SSSR count). The first-order valence-electron chi connectivity index (χ1n) is 5.84. The van der Waals surface area contributed by atoms with Gasteiger partial charge in [0.25, 0.3) is 0 Å². The Bertz CT molecular complexity index is 322. The highest BCUT2D eigenvalue weighted by Crippen LogP contribution is 2.27. The Morgan fingerprint density at radius 2 is 2.33 bits per heavy atom. The van der Waals surface area contributed by atoms with Gasteiger partial charge in [-0.25, -0.2) is 0 Å². The summed E-state index contributed by atoms with van der Waals surface area (Å²) in [5, 5.41) is 0. The molecule has 0 bridgehead atoms. The largest absolute Gasteiger partial charge is 0.368 e. The van der Waals surface area contributed by atoms with Gasteiger partial charge in [-0.3, -0.25) is 0 Å². The van der Waals surface area contributed by atoms with Gasteiger partial charge in [0.1, 0.15) is 0 Å². The van der Waals surface area contributed by atoms with Crippen LogP contribution in [0.15, 0.2) is 24.3 Å². The van der Waals surface area contributed by atoms with E-state index in [1.807, 2.05) is 0 Å². The fourth-order valence-corrected chi connectivity index (χ4v) is 2.47. The van der Waals surface area contributed by atoms with Crippen LogP contribution in [-0.2, 0) is 0 Å². The molecule has 15 heavy (non-hydrogen) atoms. The summed E-state index contributed by atoms with van der Waals surface area (Å²) in [5.41, 5.74) is 8.36. The van der Waals surface area contributed by atoms with Crippen molar-refractivity contribution in [2.75, 3.05) is 18.0 Å². The van der Waals surface area contributed by atoms with Crippen molar-refractivity contribution in [2.45, 2.75) is 32.2 Å². The number of benzene rings is 1.